The van der Waals surface area contributed by atoms with Crippen LogP contribution in [0.2, 0.25) is 0 Å². The van der Waals surface area contributed by atoms with Crippen LogP contribution in [0, 0.1) is 0 Å². The van der Waals surface area contributed by atoms with Gasteiger partial charge in [-0.3, -0.25) is 0 Å². The summed E-state index contributed by atoms with van der Waals surface area (Å²) >= 11 is 1.42. The van der Waals surface area contributed by atoms with Gasteiger partial charge in [0.05, 0.1) is 34.2 Å². The monoisotopic (exact) mass is 274 g/mol. The Hall–Kier alpha value is -1.05. The Bertz CT molecular complexity index is 400. The number of quaternary nitrogens is 1. The number of nitrogens with zero attached hydrogens (tertiary/aromatic N) is 2. The first-order valence-corrected chi connectivity index (χ1v) is 6.64. The maximum absolute atomic E-state index is 11.2. The van der Waals surface area contributed by atoms with Crippen LogP contribution in [0.1, 0.15) is 5.69 Å². The lowest BCUT2D eigenvalue weighted by Gasteiger charge is -2.30. The maximum Gasteiger partial charge on any atom is 0.362 e. The second-order valence-electron chi connectivity index (χ2n) is 4.96. The van der Waals surface area contributed by atoms with E-state index in [2.05, 4.69) is 9.97 Å². The summed E-state index contributed by atoms with van der Waals surface area (Å²) in [5.41, 5.74) is 0.802. The molecular weight excluding hydrogens is 254 g/mol. The molecule has 1 aromatic rings. The third-order valence-corrected chi connectivity index (χ3v) is 3.44. The maximum atomic E-state index is 11.2. The third kappa shape index (κ3) is 4.32. The minimum atomic E-state index is -0.818. The molecule has 0 spiro atoms. The van der Waals surface area contributed by atoms with Gasteiger partial charge in [0.15, 0.2) is 11.2 Å². The predicted molar refractivity (Wildman–Crippen MR) is 69.6 cm³/mol. The second kappa shape index (κ2) is 6.21. The molecule has 3 N–H and O–H groups in total. The van der Waals surface area contributed by atoms with Crippen molar-refractivity contribution in [3.8, 4) is 0 Å². The number of likely N-dealkylation sites (N-methyl/N-ethyl adjacent to an activating group) is 1. The molecule has 0 saturated carbocycles. The van der Waals surface area contributed by atoms with Gasteiger partial charge in [0.2, 0.25) is 0 Å². The first-order chi connectivity index (χ1) is 8.34. The Balaban J connectivity index is 2.70. The van der Waals surface area contributed by atoms with E-state index in [4.69, 9.17) is 5.11 Å². The van der Waals surface area contributed by atoms with Gasteiger partial charge >= 0.3 is 5.97 Å². The summed E-state index contributed by atoms with van der Waals surface area (Å²) in [5.74, 6) is -0.244. The van der Waals surface area contributed by atoms with Gasteiger partial charge in [-0.1, -0.05) is 11.8 Å². The SMILES string of the molecule is C[N+](C)(C)[C@@H](Cc1cnc(SCCO)[nH]1)C(=O)O. The highest BCUT2D eigenvalue weighted by Gasteiger charge is 2.32. The predicted octanol–water partition coefficient (Wildman–Crippen LogP) is 0.196. The number of hydrogen-bond donors (Lipinski definition) is 3. The fraction of sp³-hybridized carbons (Fsp3) is 0.636. The first-order valence-electron chi connectivity index (χ1n) is 5.66. The zero-order valence-corrected chi connectivity index (χ0v) is 11.7. The second-order valence-corrected chi connectivity index (χ2v) is 6.04. The minimum Gasteiger partial charge on any atom is -0.477 e. The molecule has 1 aromatic heterocycles. The molecule has 1 heterocycles. The van der Waals surface area contributed by atoms with Crippen LogP contribution < -0.4 is 0 Å². The molecule has 0 aliphatic rings. The molecule has 0 saturated heterocycles. The van der Waals surface area contributed by atoms with E-state index in [-0.39, 0.29) is 6.61 Å². The van der Waals surface area contributed by atoms with Gasteiger partial charge in [0.25, 0.3) is 0 Å². The fourth-order valence-corrected chi connectivity index (χ4v) is 2.17. The lowest BCUT2D eigenvalue weighted by molar-refractivity contribution is -0.887. The topological polar surface area (TPSA) is 86.2 Å². The molecule has 0 fully saturated rings. The van der Waals surface area contributed by atoms with E-state index in [1.807, 2.05) is 21.1 Å². The zero-order chi connectivity index (χ0) is 13.8. The van der Waals surface area contributed by atoms with E-state index in [0.717, 1.165) is 5.69 Å². The summed E-state index contributed by atoms with van der Waals surface area (Å²) in [6.07, 6.45) is 2.07. The first kappa shape index (κ1) is 15.0. The van der Waals surface area contributed by atoms with Crippen LogP contribution in [0.5, 0.6) is 0 Å². The summed E-state index contributed by atoms with van der Waals surface area (Å²) in [6.45, 7) is 0.0946. The lowest BCUT2D eigenvalue weighted by Crippen LogP contribution is -2.51. The third-order valence-electron chi connectivity index (χ3n) is 2.57. The van der Waals surface area contributed by atoms with Gasteiger partial charge in [-0.25, -0.2) is 9.78 Å². The molecule has 0 unspecified atom stereocenters. The molecule has 0 aromatic carbocycles. The number of aliphatic carboxylic acids is 1. The number of aliphatic hydroxyl groups excluding tert-OH is 1. The fourth-order valence-electron chi connectivity index (χ4n) is 1.56. The Kier molecular flexibility index (Phi) is 5.18. The number of rotatable bonds is 7. The molecule has 102 valence electrons. The number of H-pyrrole nitrogens is 1. The summed E-state index contributed by atoms with van der Waals surface area (Å²) in [5, 5.41) is 18.7. The van der Waals surface area contributed by atoms with Crippen LogP contribution in [-0.4, -0.2) is 70.2 Å². The van der Waals surface area contributed by atoms with Crippen molar-refractivity contribution in [3.63, 3.8) is 0 Å². The average molecular weight is 274 g/mol. The Morgan fingerprint density at radius 3 is 2.72 bits per heavy atom. The van der Waals surface area contributed by atoms with Gasteiger partial charge in [0, 0.05) is 17.6 Å². The molecule has 1 atom stereocenters. The molecule has 18 heavy (non-hydrogen) atoms. The van der Waals surface area contributed by atoms with Crippen LogP contribution in [0.4, 0.5) is 0 Å². The smallest absolute Gasteiger partial charge is 0.362 e. The quantitative estimate of drug-likeness (QED) is 0.488. The molecule has 6 nitrogen and oxygen atoms in total. The van der Waals surface area contributed by atoms with Crippen molar-refractivity contribution in [1.29, 1.82) is 0 Å². The number of aromatic amines is 1. The highest BCUT2D eigenvalue weighted by Crippen LogP contribution is 2.16. The van der Waals surface area contributed by atoms with E-state index in [9.17, 15) is 9.90 Å². The van der Waals surface area contributed by atoms with Crippen molar-refractivity contribution in [2.45, 2.75) is 17.6 Å². The molecule has 0 amide bonds. The number of thioether (sulfide) groups is 1. The number of nitrogens with one attached hydrogen (secondary N) is 1. The van der Waals surface area contributed by atoms with Gasteiger partial charge in [0.1, 0.15) is 0 Å². The number of imidazole rings is 1. The van der Waals surface area contributed by atoms with Gasteiger partial charge in [-0.15, -0.1) is 0 Å². The Morgan fingerprint density at radius 1 is 1.56 bits per heavy atom. The summed E-state index contributed by atoms with van der Waals surface area (Å²) in [4.78, 5) is 18.5. The van der Waals surface area contributed by atoms with Gasteiger partial charge in [-0.2, -0.15) is 0 Å². The largest absolute Gasteiger partial charge is 0.477 e. The van der Waals surface area contributed by atoms with Crippen LogP contribution in [0.15, 0.2) is 11.4 Å². The summed E-state index contributed by atoms with van der Waals surface area (Å²) in [7, 11) is 5.57. The van der Waals surface area contributed by atoms with Crippen molar-refractivity contribution < 1.29 is 19.5 Å². The van der Waals surface area contributed by atoms with Crippen molar-refractivity contribution in [3.05, 3.63) is 11.9 Å². The van der Waals surface area contributed by atoms with Crippen LogP contribution in [0.25, 0.3) is 0 Å². The molecule has 0 aliphatic heterocycles. The summed E-state index contributed by atoms with van der Waals surface area (Å²) in [6, 6.07) is -0.513. The lowest BCUT2D eigenvalue weighted by atomic mass is 10.1. The normalized spacial score (nSPS) is 13.6. The molecule has 0 aliphatic carbocycles. The van der Waals surface area contributed by atoms with Gasteiger partial charge < -0.3 is 19.7 Å². The molecule has 7 heteroatoms. The number of aromatic nitrogens is 2. The zero-order valence-electron chi connectivity index (χ0n) is 10.9. The van der Waals surface area contributed by atoms with E-state index in [0.29, 0.717) is 21.8 Å². The Labute approximate surface area is 111 Å². The van der Waals surface area contributed by atoms with Crippen LogP contribution in [0.3, 0.4) is 0 Å². The standard InChI is InChI=1S/C11H19N3O3S/c1-14(2,3)9(10(16)17)6-8-7-12-11(13-8)18-5-4-15/h7,9,15H,4-6H2,1-3H3,(H-,12,13,16,17)/p+1/t9-/m0/s1. The molecule has 1 rings (SSSR count). The number of aliphatic hydroxyl groups is 1. The number of hydrogen-bond acceptors (Lipinski definition) is 4. The van der Waals surface area contributed by atoms with E-state index >= 15 is 0 Å². The van der Waals surface area contributed by atoms with E-state index < -0.39 is 12.0 Å². The number of carboxylic acid groups (broad SMARTS) is 1. The van der Waals surface area contributed by atoms with Crippen LogP contribution in [-0.2, 0) is 11.2 Å². The minimum absolute atomic E-state index is 0.0946. The molecular formula is C11H20N3O3S+. The average Bonchev–Trinajstić information content (AvgIpc) is 2.68. The van der Waals surface area contributed by atoms with Crippen molar-refractivity contribution in [1.82, 2.24) is 9.97 Å². The van der Waals surface area contributed by atoms with Crippen molar-refractivity contribution in [2.75, 3.05) is 33.5 Å². The number of carbonyl (C=O) groups is 1. The van der Waals surface area contributed by atoms with E-state index in [1.165, 1.54) is 11.8 Å². The highest BCUT2D eigenvalue weighted by atomic mass is 32.2. The molecule has 0 bridgehead atoms. The Morgan fingerprint density at radius 2 is 2.22 bits per heavy atom. The van der Waals surface area contributed by atoms with Crippen molar-refractivity contribution >= 4 is 17.7 Å². The van der Waals surface area contributed by atoms with Crippen LogP contribution >= 0.6 is 11.8 Å². The van der Waals surface area contributed by atoms with E-state index in [1.54, 1.807) is 6.20 Å². The molecule has 0 radical (unpaired) electrons. The summed E-state index contributed by atoms with van der Waals surface area (Å²) < 4.78 is 0.355. The number of carboxylic acids is 1. The van der Waals surface area contributed by atoms with Gasteiger partial charge in [-0.05, 0) is 0 Å². The van der Waals surface area contributed by atoms with Crippen molar-refractivity contribution in [2.24, 2.45) is 0 Å². The highest BCUT2D eigenvalue weighted by molar-refractivity contribution is 7.99.